The van der Waals surface area contributed by atoms with Crippen LogP contribution in [0.4, 0.5) is 11.5 Å². The lowest BCUT2D eigenvalue weighted by Crippen LogP contribution is -2.38. The molecule has 0 bridgehead atoms. The maximum atomic E-state index is 12.4. The number of carbonyl (C=O) groups is 1. The minimum absolute atomic E-state index is 0.0887. The maximum absolute atomic E-state index is 12.4. The molecular weight excluding hydrogens is 292 g/mol. The molecule has 0 atom stereocenters. The number of aliphatic hydroxyl groups is 1. The molecule has 1 fully saturated rings. The van der Waals surface area contributed by atoms with Gasteiger partial charge >= 0.3 is 0 Å². The number of aromatic nitrogens is 2. The van der Waals surface area contributed by atoms with Crippen molar-refractivity contribution in [3.8, 4) is 0 Å². The topological polar surface area (TPSA) is 87.1 Å². The predicted octanol–water partition coefficient (Wildman–Crippen LogP) is 2.25. The molecule has 6 heteroatoms. The number of carbonyl (C=O) groups excluding carboxylic acids is 1. The summed E-state index contributed by atoms with van der Waals surface area (Å²) in [6, 6.07) is 7.43. The van der Waals surface area contributed by atoms with E-state index in [0.717, 1.165) is 31.4 Å². The summed E-state index contributed by atoms with van der Waals surface area (Å²) in [6.07, 6.45) is 7.77. The molecule has 1 heterocycles. The number of nitrogens with zero attached hydrogens (tertiary/aromatic N) is 2. The first-order valence-corrected chi connectivity index (χ1v) is 7.83. The fourth-order valence-corrected chi connectivity index (χ4v) is 2.74. The van der Waals surface area contributed by atoms with E-state index in [-0.39, 0.29) is 18.1 Å². The van der Waals surface area contributed by atoms with E-state index in [2.05, 4.69) is 20.6 Å². The van der Waals surface area contributed by atoms with Gasteiger partial charge in [-0.05, 0) is 43.9 Å². The van der Waals surface area contributed by atoms with Crippen molar-refractivity contribution in [1.82, 2.24) is 15.3 Å². The molecule has 120 valence electrons. The number of hydrogen-bond acceptors (Lipinski definition) is 5. The van der Waals surface area contributed by atoms with Crippen LogP contribution in [-0.4, -0.2) is 33.1 Å². The van der Waals surface area contributed by atoms with Gasteiger partial charge < -0.3 is 15.7 Å². The zero-order chi connectivity index (χ0) is 16.1. The van der Waals surface area contributed by atoms with E-state index in [1.165, 1.54) is 0 Å². The summed E-state index contributed by atoms with van der Waals surface area (Å²) in [5.41, 5.74) is 1.39. The van der Waals surface area contributed by atoms with Gasteiger partial charge in [0.25, 0.3) is 5.91 Å². The molecule has 1 aromatic carbocycles. The third-order valence-electron chi connectivity index (χ3n) is 3.99. The van der Waals surface area contributed by atoms with Gasteiger partial charge in [0.05, 0.1) is 12.3 Å². The molecule has 3 N–H and O–H groups in total. The van der Waals surface area contributed by atoms with Gasteiger partial charge in [-0.15, -0.1) is 0 Å². The van der Waals surface area contributed by atoms with Crippen molar-refractivity contribution in [3.63, 3.8) is 0 Å². The Bertz CT molecular complexity index is 655. The van der Waals surface area contributed by atoms with E-state index in [0.29, 0.717) is 11.4 Å². The Morgan fingerprint density at radius 3 is 2.74 bits per heavy atom. The molecule has 1 aliphatic rings. The lowest BCUT2D eigenvalue weighted by molar-refractivity contribution is 0.0867. The lowest BCUT2D eigenvalue weighted by Gasteiger charge is -2.26. The van der Waals surface area contributed by atoms with Crippen LogP contribution in [-0.2, 0) is 0 Å². The van der Waals surface area contributed by atoms with E-state index >= 15 is 0 Å². The Hall–Kier alpha value is -2.47. The second-order valence-corrected chi connectivity index (χ2v) is 5.78. The molecule has 1 aromatic heterocycles. The Morgan fingerprint density at radius 2 is 2.00 bits per heavy atom. The van der Waals surface area contributed by atoms with Gasteiger partial charge in [0.1, 0.15) is 5.82 Å². The number of aliphatic hydroxyl groups excluding tert-OH is 1. The number of nitrogens with one attached hydrogen (secondary N) is 2. The number of amides is 1. The highest BCUT2D eigenvalue weighted by Gasteiger charge is 2.21. The number of anilines is 2. The summed E-state index contributed by atoms with van der Waals surface area (Å²) in [5, 5.41) is 15.7. The average molecular weight is 312 g/mol. The summed E-state index contributed by atoms with van der Waals surface area (Å²) in [5.74, 6) is 0.542. The normalized spacial score (nSPS) is 20.7. The maximum Gasteiger partial charge on any atom is 0.251 e. The Kier molecular flexibility index (Phi) is 4.83. The molecule has 2 aromatic rings. The van der Waals surface area contributed by atoms with Crippen LogP contribution in [0.25, 0.3) is 0 Å². The molecular formula is C17H20N4O2. The highest BCUT2D eigenvalue weighted by Crippen LogP contribution is 2.20. The molecule has 0 saturated heterocycles. The number of benzene rings is 1. The summed E-state index contributed by atoms with van der Waals surface area (Å²) < 4.78 is 0. The highest BCUT2D eigenvalue weighted by atomic mass is 16.3. The van der Waals surface area contributed by atoms with E-state index in [1.807, 2.05) is 12.1 Å². The monoisotopic (exact) mass is 312 g/mol. The molecule has 3 rings (SSSR count). The van der Waals surface area contributed by atoms with Gasteiger partial charge in [0, 0.05) is 29.7 Å². The van der Waals surface area contributed by atoms with Crippen LogP contribution in [0.3, 0.4) is 0 Å². The zero-order valence-electron chi connectivity index (χ0n) is 12.8. The van der Waals surface area contributed by atoms with Crippen LogP contribution >= 0.6 is 0 Å². The van der Waals surface area contributed by atoms with Gasteiger partial charge in [-0.3, -0.25) is 9.78 Å². The first-order chi connectivity index (χ1) is 11.2. The van der Waals surface area contributed by atoms with Gasteiger partial charge in [-0.25, -0.2) is 4.98 Å². The van der Waals surface area contributed by atoms with Crippen LogP contribution in [0.1, 0.15) is 36.0 Å². The van der Waals surface area contributed by atoms with Gasteiger partial charge in [0.15, 0.2) is 0 Å². The number of hydrogen-bond donors (Lipinski definition) is 3. The molecule has 0 radical (unpaired) electrons. The largest absolute Gasteiger partial charge is 0.393 e. The van der Waals surface area contributed by atoms with Crippen molar-refractivity contribution >= 4 is 17.4 Å². The molecule has 1 saturated carbocycles. The van der Waals surface area contributed by atoms with Crippen LogP contribution < -0.4 is 10.6 Å². The molecule has 0 unspecified atom stereocenters. The van der Waals surface area contributed by atoms with Crippen molar-refractivity contribution in [2.24, 2.45) is 0 Å². The van der Waals surface area contributed by atoms with Crippen molar-refractivity contribution in [3.05, 3.63) is 48.4 Å². The Balaban J connectivity index is 1.63. The molecule has 1 aliphatic carbocycles. The smallest absolute Gasteiger partial charge is 0.251 e. The fraction of sp³-hybridized carbons (Fsp3) is 0.353. The summed E-state index contributed by atoms with van der Waals surface area (Å²) in [6.45, 7) is 0. The lowest BCUT2D eigenvalue weighted by atomic mass is 9.93. The van der Waals surface area contributed by atoms with Crippen LogP contribution in [0.2, 0.25) is 0 Å². The van der Waals surface area contributed by atoms with Crippen molar-refractivity contribution in [2.45, 2.75) is 37.8 Å². The summed E-state index contributed by atoms with van der Waals surface area (Å²) in [7, 11) is 0. The van der Waals surface area contributed by atoms with Crippen molar-refractivity contribution in [2.75, 3.05) is 5.32 Å². The molecule has 0 spiro atoms. The van der Waals surface area contributed by atoms with Gasteiger partial charge in [-0.2, -0.15) is 0 Å². The minimum Gasteiger partial charge on any atom is -0.393 e. The molecule has 0 aliphatic heterocycles. The highest BCUT2D eigenvalue weighted by molar-refractivity contribution is 5.95. The van der Waals surface area contributed by atoms with Crippen molar-refractivity contribution in [1.29, 1.82) is 0 Å². The van der Waals surface area contributed by atoms with E-state index in [9.17, 15) is 9.90 Å². The standard InChI is InChI=1S/C17H20N4O2/c22-15-6-4-13(5-7-15)21-17(23)12-2-1-3-14(10-12)20-16-11-18-8-9-19-16/h1-3,8-11,13,15,22H,4-7H2,(H,19,20)(H,21,23). The fourth-order valence-electron chi connectivity index (χ4n) is 2.74. The van der Waals surface area contributed by atoms with E-state index in [1.54, 1.807) is 30.7 Å². The minimum atomic E-state index is -0.220. The third kappa shape index (κ3) is 4.26. The van der Waals surface area contributed by atoms with Crippen LogP contribution in [0, 0.1) is 0 Å². The van der Waals surface area contributed by atoms with Gasteiger partial charge in [0.2, 0.25) is 0 Å². The Labute approximate surface area is 135 Å². The molecule has 1 amide bonds. The van der Waals surface area contributed by atoms with Gasteiger partial charge in [-0.1, -0.05) is 6.07 Å². The quantitative estimate of drug-likeness (QED) is 0.806. The summed E-state index contributed by atoms with van der Waals surface area (Å²) >= 11 is 0. The van der Waals surface area contributed by atoms with E-state index in [4.69, 9.17) is 0 Å². The first-order valence-electron chi connectivity index (χ1n) is 7.83. The SMILES string of the molecule is O=C(NC1CCC(O)CC1)c1cccc(Nc2cnccn2)c1. The predicted molar refractivity (Wildman–Crippen MR) is 87.5 cm³/mol. The third-order valence-corrected chi connectivity index (χ3v) is 3.99. The summed E-state index contributed by atoms with van der Waals surface area (Å²) in [4.78, 5) is 20.5. The van der Waals surface area contributed by atoms with Crippen LogP contribution in [0.5, 0.6) is 0 Å². The van der Waals surface area contributed by atoms with E-state index < -0.39 is 0 Å². The average Bonchev–Trinajstić information content (AvgIpc) is 2.58. The van der Waals surface area contributed by atoms with Crippen LogP contribution in [0.15, 0.2) is 42.9 Å². The Morgan fingerprint density at radius 1 is 1.17 bits per heavy atom. The number of rotatable bonds is 4. The zero-order valence-corrected chi connectivity index (χ0v) is 12.8. The first kappa shape index (κ1) is 15.4. The molecule has 23 heavy (non-hydrogen) atoms. The molecule has 6 nitrogen and oxygen atoms in total. The van der Waals surface area contributed by atoms with Crippen molar-refractivity contribution < 1.29 is 9.90 Å². The second kappa shape index (κ2) is 7.19. The second-order valence-electron chi connectivity index (χ2n) is 5.78.